The Morgan fingerprint density at radius 3 is 2.60 bits per heavy atom. The van der Waals surface area contributed by atoms with Crippen LogP contribution in [-0.2, 0) is 11.3 Å². The van der Waals surface area contributed by atoms with E-state index in [9.17, 15) is 5.11 Å². The monoisotopic (exact) mass is 283 g/mol. The molecule has 0 aliphatic carbocycles. The molecule has 114 valence electrons. The number of hydrogen-bond donors (Lipinski definition) is 1. The lowest BCUT2D eigenvalue weighted by molar-refractivity contribution is -0.0149. The Bertz CT molecular complexity index is 362. The van der Waals surface area contributed by atoms with E-state index in [2.05, 4.69) is 15.0 Å². The summed E-state index contributed by atoms with van der Waals surface area (Å²) in [7, 11) is 0. The maximum atomic E-state index is 9.92. The molecular formula is C14H25N3O3. The number of aliphatic hydroxyl groups is 1. The first-order valence-corrected chi connectivity index (χ1v) is 7.27. The molecule has 1 atom stereocenters. The molecule has 2 heterocycles. The predicted molar refractivity (Wildman–Crippen MR) is 75.3 cm³/mol. The van der Waals surface area contributed by atoms with E-state index in [0.29, 0.717) is 13.2 Å². The fraction of sp³-hybridized carbons (Fsp3) is 0.786. The molecule has 1 aliphatic heterocycles. The summed E-state index contributed by atoms with van der Waals surface area (Å²) in [6.45, 7) is 9.82. The second kappa shape index (κ2) is 7.73. The third kappa shape index (κ3) is 5.20. The molecule has 20 heavy (non-hydrogen) atoms. The first-order valence-electron chi connectivity index (χ1n) is 7.27. The zero-order chi connectivity index (χ0) is 14.4. The number of hydrogen-bond acceptors (Lipinski definition) is 6. The summed E-state index contributed by atoms with van der Waals surface area (Å²) in [5.41, 5.74) is 0.976. The Morgan fingerprint density at radius 1 is 1.30 bits per heavy atom. The number of nitrogens with zero attached hydrogens (tertiary/aromatic N) is 3. The first kappa shape index (κ1) is 15.4. The van der Waals surface area contributed by atoms with E-state index < -0.39 is 6.10 Å². The van der Waals surface area contributed by atoms with Crippen LogP contribution in [0, 0.1) is 0 Å². The van der Waals surface area contributed by atoms with E-state index in [4.69, 9.17) is 9.26 Å². The van der Waals surface area contributed by atoms with Crippen LogP contribution < -0.4 is 0 Å². The molecule has 1 N–H and O–H groups in total. The minimum Gasteiger partial charge on any atom is -0.389 e. The zero-order valence-electron chi connectivity index (χ0n) is 12.4. The van der Waals surface area contributed by atoms with Crippen molar-refractivity contribution in [3.8, 4) is 0 Å². The smallest absolute Gasteiger partial charge is 0.124 e. The second-order valence-electron chi connectivity index (χ2n) is 5.60. The van der Waals surface area contributed by atoms with Gasteiger partial charge in [-0.2, -0.15) is 0 Å². The number of ether oxygens (including phenoxy) is 1. The van der Waals surface area contributed by atoms with Gasteiger partial charge in [-0.25, -0.2) is 0 Å². The number of β-amino-alcohol motifs (C(OH)–C–C–N with tert-alkyl or cyclic N) is 1. The maximum Gasteiger partial charge on any atom is 0.124 e. The molecular weight excluding hydrogens is 258 g/mol. The highest BCUT2D eigenvalue weighted by atomic mass is 16.5. The van der Waals surface area contributed by atoms with Crippen LogP contribution in [0.15, 0.2) is 16.9 Å². The highest BCUT2D eigenvalue weighted by Gasteiger charge is 2.20. The molecule has 1 aromatic rings. The van der Waals surface area contributed by atoms with Gasteiger partial charge in [0.1, 0.15) is 6.26 Å². The fourth-order valence-corrected chi connectivity index (χ4v) is 2.33. The molecule has 0 amide bonds. The van der Waals surface area contributed by atoms with Gasteiger partial charge in [-0.05, 0) is 13.8 Å². The molecule has 0 saturated carbocycles. The minimum absolute atomic E-state index is 0.170. The third-order valence-corrected chi connectivity index (χ3v) is 3.43. The van der Waals surface area contributed by atoms with Crippen LogP contribution in [0.25, 0.3) is 0 Å². The molecule has 1 unspecified atom stereocenters. The largest absolute Gasteiger partial charge is 0.389 e. The summed E-state index contributed by atoms with van der Waals surface area (Å²) in [5, 5.41) is 13.9. The van der Waals surface area contributed by atoms with Crippen LogP contribution in [0.3, 0.4) is 0 Å². The Balaban J connectivity index is 1.63. The van der Waals surface area contributed by atoms with Gasteiger partial charge in [0.15, 0.2) is 0 Å². The average Bonchev–Trinajstić information content (AvgIpc) is 2.92. The van der Waals surface area contributed by atoms with Crippen molar-refractivity contribution >= 4 is 0 Å². The molecule has 1 saturated heterocycles. The summed E-state index contributed by atoms with van der Waals surface area (Å²) >= 11 is 0. The molecule has 2 rings (SSSR count). The van der Waals surface area contributed by atoms with Gasteiger partial charge < -0.3 is 14.4 Å². The lowest BCUT2D eigenvalue weighted by Crippen LogP contribution is -2.48. The maximum absolute atomic E-state index is 9.92. The molecule has 1 fully saturated rings. The predicted octanol–water partition coefficient (Wildman–Crippen LogP) is 0.578. The summed E-state index contributed by atoms with van der Waals surface area (Å²) in [6, 6.07) is 1.90. The van der Waals surface area contributed by atoms with Crippen molar-refractivity contribution in [3.05, 3.63) is 18.0 Å². The minimum atomic E-state index is -0.403. The van der Waals surface area contributed by atoms with Gasteiger partial charge >= 0.3 is 0 Å². The Labute approximate surface area is 120 Å². The standard InChI is InChI=1S/C14H25N3O3/c1-12(2)19-11-14(18)10-17-6-4-16(5-7-17)9-13-3-8-20-15-13/h3,8,12,14,18H,4-7,9-11H2,1-2H3. The molecule has 1 aliphatic rings. The van der Waals surface area contributed by atoms with Gasteiger partial charge in [-0.3, -0.25) is 9.80 Å². The average molecular weight is 283 g/mol. The van der Waals surface area contributed by atoms with Crippen LogP contribution in [0.2, 0.25) is 0 Å². The summed E-state index contributed by atoms with van der Waals surface area (Å²) < 4.78 is 10.3. The SMILES string of the molecule is CC(C)OCC(O)CN1CCN(Cc2ccon2)CC1. The molecule has 0 spiro atoms. The Hall–Kier alpha value is -0.950. The number of aliphatic hydroxyl groups excluding tert-OH is 1. The van der Waals surface area contributed by atoms with E-state index in [1.165, 1.54) is 0 Å². The van der Waals surface area contributed by atoms with Crippen LogP contribution in [0.5, 0.6) is 0 Å². The van der Waals surface area contributed by atoms with E-state index >= 15 is 0 Å². The van der Waals surface area contributed by atoms with Crippen molar-refractivity contribution in [2.24, 2.45) is 0 Å². The zero-order valence-corrected chi connectivity index (χ0v) is 12.4. The van der Waals surface area contributed by atoms with Gasteiger partial charge in [0.05, 0.1) is 24.5 Å². The van der Waals surface area contributed by atoms with Gasteiger partial charge in [-0.15, -0.1) is 0 Å². The topological polar surface area (TPSA) is 62.0 Å². The molecule has 0 radical (unpaired) electrons. The molecule has 1 aromatic heterocycles. The summed E-state index contributed by atoms with van der Waals surface area (Å²) in [6.07, 6.45) is 1.37. The summed E-state index contributed by atoms with van der Waals surface area (Å²) in [5.74, 6) is 0. The highest BCUT2D eigenvalue weighted by molar-refractivity contribution is 4.95. The van der Waals surface area contributed by atoms with Crippen LogP contribution in [0.1, 0.15) is 19.5 Å². The number of rotatable bonds is 7. The summed E-state index contributed by atoms with van der Waals surface area (Å²) in [4.78, 5) is 4.64. The van der Waals surface area contributed by atoms with Crippen molar-refractivity contribution in [3.63, 3.8) is 0 Å². The third-order valence-electron chi connectivity index (χ3n) is 3.43. The van der Waals surface area contributed by atoms with Crippen molar-refractivity contribution in [2.45, 2.75) is 32.6 Å². The van der Waals surface area contributed by atoms with Gasteiger partial charge in [0.25, 0.3) is 0 Å². The lowest BCUT2D eigenvalue weighted by atomic mass is 10.2. The molecule has 0 aromatic carbocycles. The Kier molecular flexibility index (Phi) is 5.97. The second-order valence-corrected chi connectivity index (χ2v) is 5.60. The lowest BCUT2D eigenvalue weighted by Gasteiger charge is -2.35. The quantitative estimate of drug-likeness (QED) is 0.790. The highest BCUT2D eigenvalue weighted by Crippen LogP contribution is 2.07. The van der Waals surface area contributed by atoms with Gasteiger partial charge in [0.2, 0.25) is 0 Å². The first-order chi connectivity index (χ1) is 9.63. The van der Waals surface area contributed by atoms with Crippen molar-refractivity contribution in [1.29, 1.82) is 0 Å². The van der Waals surface area contributed by atoms with Crippen LogP contribution >= 0.6 is 0 Å². The molecule has 0 bridgehead atoms. The van der Waals surface area contributed by atoms with Crippen molar-refractivity contribution in [2.75, 3.05) is 39.3 Å². The number of piperazine rings is 1. The van der Waals surface area contributed by atoms with E-state index in [-0.39, 0.29) is 6.10 Å². The van der Waals surface area contributed by atoms with Crippen molar-refractivity contribution < 1.29 is 14.4 Å². The number of aromatic nitrogens is 1. The molecule has 6 nitrogen and oxygen atoms in total. The van der Waals surface area contributed by atoms with E-state index in [0.717, 1.165) is 38.4 Å². The van der Waals surface area contributed by atoms with E-state index in [1.807, 2.05) is 19.9 Å². The van der Waals surface area contributed by atoms with Gasteiger partial charge in [0, 0.05) is 45.3 Å². The Morgan fingerprint density at radius 2 is 2.00 bits per heavy atom. The van der Waals surface area contributed by atoms with Crippen LogP contribution in [0.4, 0.5) is 0 Å². The van der Waals surface area contributed by atoms with Gasteiger partial charge in [-0.1, -0.05) is 5.16 Å². The van der Waals surface area contributed by atoms with Crippen molar-refractivity contribution in [1.82, 2.24) is 15.0 Å². The van der Waals surface area contributed by atoms with E-state index in [1.54, 1.807) is 6.26 Å². The fourth-order valence-electron chi connectivity index (χ4n) is 2.33. The normalized spacial score (nSPS) is 19.6. The molecule has 6 heteroatoms. The van der Waals surface area contributed by atoms with Crippen LogP contribution in [-0.4, -0.2) is 71.6 Å².